The molecule has 3 rings (SSSR count). The van der Waals surface area contributed by atoms with Crippen LogP contribution in [0, 0.1) is 6.92 Å². The molecule has 0 saturated heterocycles. The number of aromatic nitrogens is 1. The van der Waals surface area contributed by atoms with Gasteiger partial charge >= 0.3 is 0 Å². The molecule has 0 N–H and O–H groups in total. The average Bonchev–Trinajstić information content (AvgIpc) is 2.75. The highest BCUT2D eigenvalue weighted by atomic mass is 16.5. The van der Waals surface area contributed by atoms with Crippen LogP contribution < -0.4 is 0 Å². The molecule has 0 aliphatic heterocycles. The Morgan fingerprint density at radius 1 is 0.938 bits per heavy atom. The van der Waals surface area contributed by atoms with E-state index in [0.29, 0.717) is 0 Å². The summed E-state index contributed by atoms with van der Waals surface area (Å²) < 4.78 is 5.25. The lowest BCUT2D eigenvalue weighted by atomic mass is 10.1. The monoisotopic (exact) mass is 209 g/mol. The molecule has 0 amide bonds. The lowest BCUT2D eigenvalue weighted by Gasteiger charge is -1.99. The van der Waals surface area contributed by atoms with Crippen molar-refractivity contribution in [3.05, 3.63) is 54.2 Å². The first-order valence-electron chi connectivity index (χ1n) is 5.25. The summed E-state index contributed by atoms with van der Waals surface area (Å²) in [6.45, 7) is 1.92. The maximum atomic E-state index is 5.25. The molecule has 0 bridgehead atoms. The SMILES string of the molecule is Cc1cc(-c2ccc3ccccc3c2)on1. The third-order valence-electron chi connectivity index (χ3n) is 2.66. The molecule has 2 heteroatoms. The van der Waals surface area contributed by atoms with E-state index in [2.05, 4.69) is 35.5 Å². The summed E-state index contributed by atoms with van der Waals surface area (Å²) in [7, 11) is 0. The fourth-order valence-electron chi connectivity index (χ4n) is 1.84. The molecule has 0 fully saturated rings. The molecule has 0 aliphatic rings. The maximum absolute atomic E-state index is 5.25. The minimum absolute atomic E-state index is 0.822. The molecule has 1 aromatic heterocycles. The van der Waals surface area contributed by atoms with Crippen molar-refractivity contribution in [2.24, 2.45) is 0 Å². The Hall–Kier alpha value is -2.09. The van der Waals surface area contributed by atoms with Crippen molar-refractivity contribution in [1.82, 2.24) is 5.16 Å². The topological polar surface area (TPSA) is 26.0 Å². The van der Waals surface area contributed by atoms with Crippen LogP contribution in [0.1, 0.15) is 5.69 Å². The molecule has 3 aromatic rings. The zero-order chi connectivity index (χ0) is 11.0. The minimum atomic E-state index is 0.822. The Balaban J connectivity index is 2.18. The van der Waals surface area contributed by atoms with Gasteiger partial charge in [-0.05, 0) is 23.8 Å². The second-order valence-electron chi connectivity index (χ2n) is 3.89. The van der Waals surface area contributed by atoms with Crippen molar-refractivity contribution >= 4 is 10.8 Å². The van der Waals surface area contributed by atoms with E-state index in [4.69, 9.17) is 4.52 Å². The van der Waals surface area contributed by atoms with E-state index in [1.54, 1.807) is 0 Å². The lowest BCUT2D eigenvalue weighted by molar-refractivity contribution is 0.427. The van der Waals surface area contributed by atoms with Crippen molar-refractivity contribution in [1.29, 1.82) is 0 Å². The molecule has 2 nitrogen and oxygen atoms in total. The number of benzene rings is 2. The summed E-state index contributed by atoms with van der Waals surface area (Å²) in [5, 5.41) is 6.35. The zero-order valence-corrected chi connectivity index (χ0v) is 8.97. The van der Waals surface area contributed by atoms with Gasteiger partial charge in [0.1, 0.15) is 0 Å². The molecular weight excluding hydrogens is 198 g/mol. The van der Waals surface area contributed by atoms with Crippen LogP contribution in [0.5, 0.6) is 0 Å². The first-order chi connectivity index (χ1) is 7.83. The van der Waals surface area contributed by atoms with Gasteiger partial charge < -0.3 is 4.52 Å². The highest BCUT2D eigenvalue weighted by molar-refractivity contribution is 5.86. The smallest absolute Gasteiger partial charge is 0.167 e. The van der Waals surface area contributed by atoms with Crippen molar-refractivity contribution in [3.63, 3.8) is 0 Å². The molecule has 1 heterocycles. The second-order valence-corrected chi connectivity index (χ2v) is 3.89. The fraction of sp³-hybridized carbons (Fsp3) is 0.0714. The number of hydrogen-bond acceptors (Lipinski definition) is 2. The lowest BCUT2D eigenvalue weighted by Crippen LogP contribution is -1.75. The molecular formula is C14H11NO. The van der Waals surface area contributed by atoms with Gasteiger partial charge in [-0.15, -0.1) is 0 Å². The third-order valence-corrected chi connectivity index (χ3v) is 2.66. The van der Waals surface area contributed by atoms with E-state index in [0.717, 1.165) is 17.0 Å². The Kier molecular flexibility index (Phi) is 2.00. The van der Waals surface area contributed by atoms with Gasteiger partial charge in [-0.3, -0.25) is 0 Å². The normalized spacial score (nSPS) is 10.8. The molecule has 0 saturated carbocycles. The van der Waals surface area contributed by atoms with Crippen LogP contribution in [0.4, 0.5) is 0 Å². The summed E-state index contributed by atoms with van der Waals surface area (Å²) >= 11 is 0. The largest absolute Gasteiger partial charge is 0.356 e. The first-order valence-corrected chi connectivity index (χ1v) is 5.25. The van der Waals surface area contributed by atoms with Crippen molar-refractivity contribution < 1.29 is 4.52 Å². The van der Waals surface area contributed by atoms with Crippen molar-refractivity contribution in [3.8, 4) is 11.3 Å². The quantitative estimate of drug-likeness (QED) is 0.609. The number of fused-ring (bicyclic) bond motifs is 1. The summed E-state index contributed by atoms with van der Waals surface area (Å²) in [6.07, 6.45) is 0. The van der Waals surface area contributed by atoms with Crippen LogP contribution in [-0.2, 0) is 0 Å². The number of aryl methyl sites for hydroxylation is 1. The number of hydrogen-bond donors (Lipinski definition) is 0. The average molecular weight is 209 g/mol. The van der Waals surface area contributed by atoms with E-state index in [-0.39, 0.29) is 0 Å². The molecule has 0 spiro atoms. The van der Waals surface area contributed by atoms with Gasteiger partial charge in [-0.2, -0.15) is 0 Å². The minimum Gasteiger partial charge on any atom is -0.356 e. The molecule has 16 heavy (non-hydrogen) atoms. The van der Waals surface area contributed by atoms with Gasteiger partial charge in [0, 0.05) is 11.6 Å². The Bertz CT molecular complexity index is 640. The van der Waals surface area contributed by atoms with Gasteiger partial charge in [0.15, 0.2) is 5.76 Å². The summed E-state index contributed by atoms with van der Waals surface area (Å²) in [5.41, 5.74) is 1.97. The van der Waals surface area contributed by atoms with Gasteiger partial charge in [-0.1, -0.05) is 41.6 Å². The van der Waals surface area contributed by atoms with Gasteiger partial charge in [0.05, 0.1) is 5.69 Å². The van der Waals surface area contributed by atoms with Crippen LogP contribution in [-0.4, -0.2) is 5.16 Å². The fourth-order valence-corrected chi connectivity index (χ4v) is 1.84. The summed E-state index contributed by atoms with van der Waals surface area (Å²) in [6, 6.07) is 16.5. The molecule has 0 aliphatic carbocycles. The maximum Gasteiger partial charge on any atom is 0.167 e. The molecule has 78 valence electrons. The van der Waals surface area contributed by atoms with Crippen molar-refractivity contribution in [2.45, 2.75) is 6.92 Å². The Morgan fingerprint density at radius 3 is 2.50 bits per heavy atom. The highest BCUT2D eigenvalue weighted by Crippen LogP contribution is 2.24. The van der Waals surface area contributed by atoms with Gasteiger partial charge in [0.25, 0.3) is 0 Å². The highest BCUT2D eigenvalue weighted by Gasteiger charge is 2.04. The van der Waals surface area contributed by atoms with Crippen LogP contribution in [0.15, 0.2) is 53.1 Å². The molecule has 0 radical (unpaired) electrons. The molecule has 0 unspecified atom stereocenters. The Labute approximate surface area is 93.5 Å². The van der Waals surface area contributed by atoms with Crippen molar-refractivity contribution in [2.75, 3.05) is 0 Å². The summed E-state index contributed by atoms with van der Waals surface area (Å²) in [5.74, 6) is 0.822. The molecule has 0 atom stereocenters. The molecule has 2 aromatic carbocycles. The van der Waals surface area contributed by atoms with E-state index in [1.807, 2.05) is 25.1 Å². The van der Waals surface area contributed by atoms with Crippen LogP contribution in [0.25, 0.3) is 22.1 Å². The zero-order valence-electron chi connectivity index (χ0n) is 8.97. The number of rotatable bonds is 1. The predicted octanol–water partition coefficient (Wildman–Crippen LogP) is 3.80. The third kappa shape index (κ3) is 1.48. The van der Waals surface area contributed by atoms with E-state index < -0.39 is 0 Å². The Morgan fingerprint density at radius 2 is 1.75 bits per heavy atom. The first kappa shape index (κ1) is 9.16. The van der Waals surface area contributed by atoms with E-state index in [1.165, 1.54) is 10.8 Å². The predicted molar refractivity (Wildman–Crippen MR) is 64.2 cm³/mol. The summed E-state index contributed by atoms with van der Waals surface area (Å²) in [4.78, 5) is 0. The second kappa shape index (κ2) is 3.49. The van der Waals surface area contributed by atoms with Crippen LogP contribution in [0.2, 0.25) is 0 Å². The van der Waals surface area contributed by atoms with E-state index >= 15 is 0 Å². The van der Waals surface area contributed by atoms with Gasteiger partial charge in [0.2, 0.25) is 0 Å². The van der Waals surface area contributed by atoms with Gasteiger partial charge in [-0.25, -0.2) is 0 Å². The van der Waals surface area contributed by atoms with Crippen LogP contribution in [0.3, 0.4) is 0 Å². The van der Waals surface area contributed by atoms with E-state index in [9.17, 15) is 0 Å². The standard InChI is InChI=1S/C14H11NO/c1-10-8-14(16-15-10)13-7-6-11-4-2-3-5-12(11)9-13/h2-9H,1H3. The number of nitrogens with zero attached hydrogens (tertiary/aromatic N) is 1. The van der Waals surface area contributed by atoms with Crippen LogP contribution >= 0.6 is 0 Å².